The summed E-state index contributed by atoms with van der Waals surface area (Å²) in [6.45, 7) is 2.25. The van der Waals surface area contributed by atoms with E-state index in [2.05, 4.69) is 5.32 Å². The van der Waals surface area contributed by atoms with Crippen LogP contribution in [0, 0.1) is 11.8 Å². The molecule has 0 bridgehead atoms. The standard InChI is InChI=1S/C21H29F2NO3/c22-20(23)11-8-18(15-20)21(26,17-6-2-1-3-7-17)19(25)27-14-4-5-16-9-12-24-13-10-16/h1-3,6-7,16,18,24,26H,4-5,8-15H2. The van der Waals surface area contributed by atoms with E-state index in [-0.39, 0.29) is 19.4 Å². The van der Waals surface area contributed by atoms with Gasteiger partial charge in [0.1, 0.15) is 0 Å². The molecule has 2 atom stereocenters. The van der Waals surface area contributed by atoms with E-state index in [1.165, 1.54) is 0 Å². The van der Waals surface area contributed by atoms with Gasteiger partial charge in [0, 0.05) is 18.8 Å². The number of halogens is 2. The van der Waals surface area contributed by atoms with Crippen molar-refractivity contribution in [1.82, 2.24) is 5.32 Å². The van der Waals surface area contributed by atoms with Crippen molar-refractivity contribution < 1.29 is 23.4 Å². The third-order valence-corrected chi connectivity index (χ3v) is 5.97. The molecule has 1 aliphatic heterocycles. The van der Waals surface area contributed by atoms with Gasteiger partial charge in [0.2, 0.25) is 5.92 Å². The van der Waals surface area contributed by atoms with Gasteiger partial charge in [0.15, 0.2) is 5.60 Å². The van der Waals surface area contributed by atoms with Gasteiger partial charge < -0.3 is 15.2 Å². The summed E-state index contributed by atoms with van der Waals surface area (Å²) in [6, 6.07) is 8.35. The topological polar surface area (TPSA) is 58.6 Å². The van der Waals surface area contributed by atoms with Crippen LogP contribution in [0.4, 0.5) is 8.78 Å². The van der Waals surface area contributed by atoms with Crippen LogP contribution in [0.2, 0.25) is 0 Å². The fourth-order valence-corrected chi connectivity index (χ4v) is 4.34. The third-order valence-electron chi connectivity index (χ3n) is 5.97. The maximum Gasteiger partial charge on any atom is 0.343 e. The third kappa shape index (κ3) is 4.85. The van der Waals surface area contributed by atoms with Crippen molar-refractivity contribution in [1.29, 1.82) is 0 Å². The van der Waals surface area contributed by atoms with E-state index >= 15 is 0 Å². The molecule has 1 saturated carbocycles. The van der Waals surface area contributed by atoms with Gasteiger partial charge in [-0.15, -0.1) is 0 Å². The first-order chi connectivity index (χ1) is 12.9. The van der Waals surface area contributed by atoms with Crippen LogP contribution in [0.25, 0.3) is 0 Å². The zero-order valence-corrected chi connectivity index (χ0v) is 15.6. The first-order valence-electron chi connectivity index (χ1n) is 9.95. The van der Waals surface area contributed by atoms with Crippen molar-refractivity contribution in [3.63, 3.8) is 0 Å². The second kappa shape index (κ2) is 8.65. The van der Waals surface area contributed by atoms with Gasteiger partial charge in [-0.2, -0.15) is 0 Å². The summed E-state index contributed by atoms with van der Waals surface area (Å²) >= 11 is 0. The van der Waals surface area contributed by atoms with Crippen LogP contribution in [-0.4, -0.2) is 36.7 Å². The highest BCUT2D eigenvalue weighted by atomic mass is 19.3. The molecule has 0 aromatic heterocycles. The summed E-state index contributed by atoms with van der Waals surface area (Å²) in [5.41, 5.74) is -1.69. The van der Waals surface area contributed by atoms with Gasteiger partial charge in [-0.25, -0.2) is 13.6 Å². The highest BCUT2D eigenvalue weighted by molar-refractivity contribution is 5.81. The molecule has 0 amide bonds. The number of benzene rings is 1. The Kier molecular flexibility index (Phi) is 6.48. The second-order valence-corrected chi connectivity index (χ2v) is 7.90. The van der Waals surface area contributed by atoms with E-state index in [0.29, 0.717) is 11.5 Å². The number of carbonyl (C=O) groups is 1. The minimum atomic E-state index is -2.84. The monoisotopic (exact) mass is 381 g/mol. The van der Waals surface area contributed by atoms with Gasteiger partial charge in [-0.05, 0) is 56.7 Å². The Morgan fingerprint density at radius 3 is 2.56 bits per heavy atom. The molecule has 27 heavy (non-hydrogen) atoms. The highest BCUT2D eigenvalue weighted by Crippen LogP contribution is 2.47. The van der Waals surface area contributed by atoms with Gasteiger partial charge in [-0.3, -0.25) is 0 Å². The molecular weight excluding hydrogens is 352 g/mol. The van der Waals surface area contributed by atoms with Crippen LogP contribution in [0.1, 0.15) is 50.5 Å². The second-order valence-electron chi connectivity index (χ2n) is 7.90. The number of nitrogens with one attached hydrogen (secondary N) is 1. The number of piperidine rings is 1. The number of rotatable bonds is 7. The molecule has 2 unspecified atom stereocenters. The molecule has 4 nitrogen and oxygen atoms in total. The van der Waals surface area contributed by atoms with Crippen LogP contribution in [0.15, 0.2) is 30.3 Å². The molecule has 6 heteroatoms. The Morgan fingerprint density at radius 1 is 1.22 bits per heavy atom. The number of alkyl halides is 2. The van der Waals surface area contributed by atoms with Crippen LogP contribution >= 0.6 is 0 Å². The number of aliphatic hydroxyl groups is 1. The predicted octanol–water partition coefficient (Wildman–Crippen LogP) is 3.63. The Labute approximate surface area is 159 Å². The van der Waals surface area contributed by atoms with Crippen LogP contribution < -0.4 is 5.32 Å². The minimum Gasteiger partial charge on any atom is -0.463 e. The summed E-state index contributed by atoms with van der Waals surface area (Å²) < 4.78 is 32.9. The minimum absolute atomic E-state index is 0.0998. The van der Waals surface area contributed by atoms with Crippen molar-refractivity contribution in [3.8, 4) is 0 Å². The maximum atomic E-state index is 13.7. The van der Waals surface area contributed by atoms with Crippen molar-refractivity contribution in [2.45, 2.75) is 56.5 Å². The predicted molar refractivity (Wildman–Crippen MR) is 98.4 cm³/mol. The van der Waals surface area contributed by atoms with E-state index in [1.54, 1.807) is 30.3 Å². The lowest BCUT2D eigenvalue weighted by atomic mass is 9.80. The Balaban J connectivity index is 1.63. The van der Waals surface area contributed by atoms with Gasteiger partial charge in [-0.1, -0.05) is 30.3 Å². The molecule has 1 aliphatic carbocycles. The lowest BCUT2D eigenvalue weighted by Gasteiger charge is -2.32. The zero-order valence-electron chi connectivity index (χ0n) is 15.6. The van der Waals surface area contributed by atoms with Crippen LogP contribution in [0.5, 0.6) is 0 Å². The molecule has 1 heterocycles. The van der Waals surface area contributed by atoms with Crippen molar-refractivity contribution in [2.24, 2.45) is 11.8 Å². The molecule has 150 valence electrons. The van der Waals surface area contributed by atoms with E-state index in [0.717, 1.165) is 38.8 Å². The number of hydrogen-bond acceptors (Lipinski definition) is 4. The molecule has 2 fully saturated rings. The average Bonchev–Trinajstić information content (AvgIpc) is 3.06. The Hall–Kier alpha value is -1.53. The summed E-state index contributed by atoms with van der Waals surface area (Å²) in [5, 5.41) is 14.5. The molecule has 1 aromatic carbocycles. The fourth-order valence-electron chi connectivity index (χ4n) is 4.34. The molecular formula is C21H29F2NO3. The van der Waals surface area contributed by atoms with Crippen LogP contribution in [0.3, 0.4) is 0 Å². The largest absolute Gasteiger partial charge is 0.463 e. The number of carbonyl (C=O) groups excluding carboxylic acids is 1. The molecule has 0 spiro atoms. The summed E-state index contributed by atoms with van der Waals surface area (Å²) in [7, 11) is 0. The van der Waals surface area contributed by atoms with Gasteiger partial charge in [0.25, 0.3) is 0 Å². The Morgan fingerprint density at radius 2 is 1.93 bits per heavy atom. The normalized spacial score (nSPS) is 25.1. The van der Waals surface area contributed by atoms with E-state index in [4.69, 9.17) is 4.74 Å². The van der Waals surface area contributed by atoms with Gasteiger partial charge >= 0.3 is 5.97 Å². The summed E-state index contributed by atoms with van der Waals surface area (Å²) in [4.78, 5) is 12.8. The smallest absolute Gasteiger partial charge is 0.343 e. The number of ether oxygens (including phenoxy) is 1. The van der Waals surface area contributed by atoms with E-state index < -0.39 is 29.8 Å². The van der Waals surface area contributed by atoms with E-state index in [9.17, 15) is 18.7 Å². The summed E-state index contributed by atoms with van der Waals surface area (Å²) in [6.07, 6.45) is 3.24. The maximum absolute atomic E-state index is 13.7. The first-order valence-corrected chi connectivity index (χ1v) is 9.95. The molecule has 2 aliphatic rings. The van der Waals surface area contributed by atoms with Crippen molar-refractivity contribution in [2.75, 3.05) is 19.7 Å². The lowest BCUT2D eigenvalue weighted by Crippen LogP contribution is -2.44. The molecule has 1 saturated heterocycles. The Bertz CT molecular complexity index is 619. The lowest BCUT2D eigenvalue weighted by molar-refractivity contribution is -0.175. The quantitative estimate of drug-likeness (QED) is 0.559. The fraction of sp³-hybridized carbons (Fsp3) is 0.667. The SMILES string of the molecule is O=C(OCCCC1CCNCC1)C(O)(c1ccccc1)C1CCC(F)(F)C1. The number of esters is 1. The molecule has 0 radical (unpaired) electrons. The molecule has 3 rings (SSSR count). The number of hydrogen-bond donors (Lipinski definition) is 2. The zero-order chi connectivity index (χ0) is 19.3. The van der Waals surface area contributed by atoms with Crippen LogP contribution in [-0.2, 0) is 15.1 Å². The molecule has 2 N–H and O–H groups in total. The first kappa shape index (κ1) is 20.2. The highest BCUT2D eigenvalue weighted by Gasteiger charge is 2.54. The van der Waals surface area contributed by atoms with Crippen molar-refractivity contribution >= 4 is 5.97 Å². The van der Waals surface area contributed by atoms with Gasteiger partial charge in [0.05, 0.1) is 6.61 Å². The molecule has 1 aromatic rings. The van der Waals surface area contributed by atoms with E-state index in [1.807, 2.05) is 0 Å². The van der Waals surface area contributed by atoms with Crippen molar-refractivity contribution in [3.05, 3.63) is 35.9 Å². The summed E-state index contributed by atoms with van der Waals surface area (Å²) in [5.74, 6) is -3.86. The average molecular weight is 381 g/mol.